The predicted molar refractivity (Wildman–Crippen MR) is 142 cm³/mol. The third kappa shape index (κ3) is 5.64. The number of benzene rings is 1. The van der Waals surface area contributed by atoms with Gasteiger partial charge in [0.1, 0.15) is 22.0 Å². The molecule has 1 N–H and O–H groups in total. The lowest BCUT2D eigenvalue weighted by molar-refractivity contribution is 0.00640. The maximum Gasteiger partial charge on any atom is 0.359 e. The van der Waals surface area contributed by atoms with Gasteiger partial charge in [-0.3, -0.25) is 4.79 Å². The number of nitrogens with one attached hydrogen (secondary N) is 1. The molecule has 0 fully saturated rings. The Morgan fingerprint density at radius 3 is 2.54 bits per heavy atom. The molecule has 0 spiro atoms. The summed E-state index contributed by atoms with van der Waals surface area (Å²) in [6, 6.07) is 10.7. The first-order chi connectivity index (χ1) is 17.3. The minimum Gasteiger partial charge on any atom is -0.455 e. The maximum absolute atomic E-state index is 13.8. The van der Waals surface area contributed by atoms with Crippen molar-refractivity contribution >= 4 is 34.2 Å². The number of pyridine rings is 2. The van der Waals surface area contributed by atoms with E-state index < -0.39 is 23.6 Å². The van der Waals surface area contributed by atoms with Crippen LogP contribution in [0.25, 0.3) is 22.4 Å². The normalized spacial score (nSPS) is 12.4. The lowest BCUT2D eigenvalue weighted by Crippen LogP contribution is -2.25. The summed E-state index contributed by atoms with van der Waals surface area (Å²) < 4.78 is 25.6. The standard InChI is InChI=1S/C28H27ClFN3O4/c1-14-12-17(16(3)31-19-10-11-21(29)33-23(19)27(35)37-28(4,5)6)26-18(13-14)24(34)15(2)25(36-26)20-8-7-9-22(30)32-20/h7-13,16,31H,1-6H3/t16-/m1/s1. The van der Waals surface area contributed by atoms with Gasteiger partial charge in [0.2, 0.25) is 5.95 Å². The number of fused-ring (bicyclic) bond motifs is 1. The summed E-state index contributed by atoms with van der Waals surface area (Å²) in [6.45, 7) is 10.7. The number of esters is 1. The largest absolute Gasteiger partial charge is 0.455 e. The average molecular weight is 524 g/mol. The smallest absolute Gasteiger partial charge is 0.359 e. The van der Waals surface area contributed by atoms with Crippen molar-refractivity contribution in [3.8, 4) is 11.5 Å². The fourth-order valence-corrected chi connectivity index (χ4v) is 4.16. The van der Waals surface area contributed by atoms with Crippen LogP contribution < -0.4 is 10.7 Å². The molecular weight excluding hydrogens is 497 g/mol. The molecule has 0 amide bonds. The fraction of sp³-hybridized carbons (Fsp3) is 0.286. The summed E-state index contributed by atoms with van der Waals surface area (Å²) in [7, 11) is 0. The van der Waals surface area contributed by atoms with E-state index in [-0.39, 0.29) is 27.7 Å². The zero-order valence-corrected chi connectivity index (χ0v) is 22.2. The Morgan fingerprint density at radius 2 is 1.86 bits per heavy atom. The van der Waals surface area contributed by atoms with E-state index in [9.17, 15) is 14.0 Å². The van der Waals surface area contributed by atoms with Crippen molar-refractivity contribution < 1.29 is 18.3 Å². The van der Waals surface area contributed by atoms with E-state index in [0.717, 1.165) is 5.56 Å². The van der Waals surface area contributed by atoms with Gasteiger partial charge in [-0.1, -0.05) is 23.7 Å². The van der Waals surface area contributed by atoms with E-state index in [4.69, 9.17) is 20.8 Å². The third-order valence-electron chi connectivity index (χ3n) is 5.63. The Balaban J connectivity index is 1.83. The van der Waals surface area contributed by atoms with Crippen LogP contribution in [0.3, 0.4) is 0 Å². The van der Waals surface area contributed by atoms with Gasteiger partial charge in [0.15, 0.2) is 16.9 Å². The number of carbonyl (C=O) groups is 1. The number of carbonyl (C=O) groups excluding carboxylic acids is 1. The molecule has 4 rings (SSSR count). The summed E-state index contributed by atoms with van der Waals surface area (Å²) in [5.74, 6) is -1.11. The zero-order valence-electron chi connectivity index (χ0n) is 21.4. The molecule has 0 bridgehead atoms. The van der Waals surface area contributed by atoms with E-state index in [2.05, 4.69) is 15.3 Å². The Labute approximate surface area is 218 Å². The molecule has 9 heteroatoms. The molecule has 3 aromatic heterocycles. The van der Waals surface area contributed by atoms with Crippen molar-refractivity contribution in [3.05, 3.63) is 86.2 Å². The molecule has 0 aliphatic heterocycles. The molecule has 192 valence electrons. The first-order valence-electron chi connectivity index (χ1n) is 11.7. The summed E-state index contributed by atoms with van der Waals surface area (Å²) in [6.07, 6.45) is 0. The van der Waals surface area contributed by atoms with Gasteiger partial charge in [-0.15, -0.1) is 0 Å². The van der Waals surface area contributed by atoms with Gasteiger partial charge in [-0.2, -0.15) is 4.39 Å². The first-order valence-corrected chi connectivity index (χ1v) is 12.1. The van der Waals surface area contributed by atoms with Gasteiger partial charge in [-0.05, 0) is 77.4 Å². The summed E-state index contributed by atoms with van der Waals surface area (Å²) in [4.78, 5) is 34.2. The van der Waals surface area contributed by atoms with Crippen LogP contribution in [0.5, 0.6) is 0 Å². The van der Waals surface area contributed by atoms with Crippen LogP contribution in [-0.2, 0) is 4.74 Å². The van der Waals surface area contributed by atoms with Crippen LogP contribution in [0.15, 0.2) is 51.7 Å². The lowest BCUT2D eigenvalue weighted by atomic mass is 9.99. The average Bonchev–Trinajstić information content (AvgIpc) is 2.81. The number of ether oxygens (including phenoxy) is 1. The maximum atomic E-state index is 13.8. The molecule has 0 radical (unpaired) electrons. The lowest BCUT2D eigenvalue weighted by Gasteiger charge is -2.22. The molecule has 1 aromatic carbocycles. The highest BCUT2D eigenvalue weighted by molar-refractivity contribution is 6.29. The second-order valence-electron chi connectivity index (χ2n) is 9.86. The van der Waals surface area contributed by atoms with Crippen LogP contribution >= 0.6 is 11.6 Å². The van der Waals surface area contributed by atoms with Crippen molar-refractivity contribution in [1.29, 1.82) is 0 Å². The van der Waals surface area contributed by atoms with E-state index >= 15 is 0 Å². The van der Waals surface area contributed by atoms with Crippen LogP contribution in [0, 0.1) is 19.8 Å². The van der Waals surface area contributed by atoms with Gasteiger partial charge < -0.3 is 14.5 Å². The summed E-state index contributed by atoms with van der Waals surface area (Å²) in [5, 5.41) is 3.82. The molecule has 0 aliphatic rings. The van der Waals surface area contributed by atoms with Crippen LogP contribution in [-0.4, -0.2) is 21.5 Å². The molecular formula is C28H27ClFN3O4. The van der Waals surface area contributed by atoms with E-state index in [1.165, 1.54) is 12.1 Å². The number of aromatic nitrogens is 2. The number of hydrogen-bond acceptors (Lipinski definition) is 7. The SMILES string of the molecule is Cc1cc([C@@H](C)Nc2ccc(Cl)nc2C(=O)OC(C)(C)C)c2oc(-c3cccc(F)n3)c(C)c(=O)c2c1. The summed E-state index contributed by atoms with van der Waals surface area (Å²) >= 11 is 6.07. The van der Waals surface area contributed by atoms with Gasteiger partial charge >= 0.3 is 5.97 Å². The molecule has 7 nitrogen and oxygen atoms in total. The van der Waals surface area contributed by atoms with Crippen LogP contribution in [0.4, 0.5) is 10.1 Å². The summed E-state index contributed by atoms with van der Waals surface area (Å²) in [5.41, 5.74) is 1.88. The second-order valence-corrected chi connectivity index (χ2v) is 10.2. The van der Waals surface area contributed by atoms with E-state index in [0.29, 0.717) is 27.8 Å². The van der Waals surface area contributed by atoms with Gasteiger partial charge in [-0.25, -0.2) is 14.8 Å². The van der Waals surface area contributed by atoms with Crippen LogP contribution in [0.1, 0.15) is 60.9 Å². The van der Waals surface area contributed by atoms with E-state index in [1.54, 1.807) is 52.0 Å². The van der Waals surface area contributed by atoms with Crippen LogP contribution in [0.2, 0.25) is 5.15 Å². The minimum absolute atomic E-state index is 0.0354. The fourth-order valence-electron chi connectivity index (χ4n) is 4.01. The monoisotopic (exact) mass is 523 g/mol. The third-order valence-corrected chi connectivity index (χ3v) is 5.84. The Morgan fingerprint density at radius 1 is 1.14 bits per heavy atom. The highest BCUT2D eigenvalue weighted by Crippen LogP contribution is 2.32. The molecule has 0 saturated carbocycles. The highest BCUT2D eigenvalue weighted by Gasteiger charge is 2.25. The zero-order chi connectivity index (χ0) is 27.1. The topological polar surface area (TPSA) is 94.3 Å². The molecule has 1 atom stereocenters. The Hall–Kier alpha value is -3.78. The minimum atomic E-state index is -0.723. The van der Waals surface area contributed by atoms with Crippen molar-refractivity contribution in [3.63, 3.8) is 0 Å². The number of nitrogens with zero attached hydrogens (tertiary/aromatic N) is 2. The van der Waals surface area contributed by atoms with Gasteiger partial charge in [0.05, 0.1) is 17.1 Å². The first kappa shape index (κ1) is 26.3. The quantitative estimate of drug-likeness (QED) is 0.227. The number of aryl methyl sites for hydroxylation is 1. The number of anilines is 1. The molecule has 0 aliphatic carbocycles. The van der Waals surface area contributed by atoms with Crippen molar-refractivity contribution in [2.75, 3.05) is 5.32 Å². The highest BCUT2D eigenvalue weighted by atomic mass is 35.5. The Bertz CT molecular complexity index is 1580. The van der Waals surface area contributed by atoms with E-state index in [1.807, 2.05) is 19.9 Å². The second kappa shape index (κ2) is 9.94. The number of rotatable bonds is 5. The van der Waals surface area contributed by atoms with Crippen molar-refractivity contribution in [2.45, 2.75) is 53.2 Å². The van der Waals surface area contributed by atoms with Gasteiger partial charge in [0, 0.05) is 11.1 Å². The van der Waals surface area contributed by atoms with Crippen molar-refractivity contribution in [2.24, 2.45) is 0 Å². The predicted octanol–water partition coefficient (Wildman–Crippen LogP) is 6.79. The molecule has 3 heterocycles. The molecule has 0 saturated heterocycles. The molecule has 0 unspecified atom stereocenters. The van der Waals surface area contributed by atoms with Gasteiger partial charge in [0.25, 0.3) is 0 Å². The molecule has 37 heavy (non-hydrogen) atoms. The number of hydrogen-bond donors (Lipinski definition) is 1. The van der Waals surface area contributed by atoms with Crippen molar-refractivity contribution in [1.82, 2.24) is 9.97 Å². The Kier molecular flexibility index (Phi) is 7.06. The molecule has 4 aromatic rings. The number of halogens is 2.